The summed E-state index contributed by atoms with van der Waals surface area (Å²) in [7, 11) is 0. The van der Waals surface area contributed by atoms with Gasteiger partial charge in [-0.15, -0.1) is 0 Å². The Kier molecular flexibility index (Phi) is 4.54. The van der Waals surface area contributed by atoms with Crippen molar-refractivity contribution < 1.29 is 4.39 Å². The minimum atomic E-state index is -0.303. The number of hydrogen-bond donors (Lipinski definition) is 2. The summed E-state index contributed by atoms with van der Waals surface area (Å²) in [6, 6.07) is 9.98. The zero-order chi connectivity index (χ0) is 14.0. The van der Waals surface area contributed by atoms with Gasteiger partial charge in [-0.25, -0.2) is 4.39 Å². The van der Waals surface area contributed by atoms with Crippen LogP contribution in [0.15, 0.2) is 45.3 Å². The molecule has 3 N–H and O–H groups in total. The zero-order valence-corrected chi connectivity index (χ0v) is 13.6. The van der Waals surface area contributed by atoms with Crippen LogP contribution in [0.4, 0.5) is 15.8 Å². The van der Waals surface area contributed by atoms with E-state index in [2.05, 4.69) is 37.2 Å². The van der Waals surface area contributed by atoms with Gasteiger partial charge in [0.05, 0.1) is 5.69 Å². The van der Waals surface area contributed by atoms with Crippen molar-refractivity contribution in [3.05, 3.63) is 56.7 Å². The first-order valence-electron chi connectivity index (χ1n) is 5.29. The molecule has 0 aliphatic rings. The van der Waals surface area contributed by atoms with Crippen molar-refractivity contribution in [1.82, 2.24) is 0 Å². The third kappa shape index (κ3) is 3.52. The highest BCUT2D eigenvalue weighted by Gasteiger charge is 2.08. The smallest absolute Gasteiger partial charge is 0.124 e. The molecule has 0 saturated carbocycles. The van der Waals surface area contributed by atoms with E-state index in [1.165, 1.54) is 12.1 Å². The van der Waals surface area contributed by atoms with Gasteiger partial charge in [-0.2, -0.15) is 0 Å². The van der Waals surface area contributed by atoms with E-state index in [4.69, 9.17) is 18.0 Å². The second kappa shape index (κ2) is 5.98. The maximum atomic E-state index is 13.0. The summed E-state index contributed by atoms with van der Waals surface area (Å²) in [5.74, 6) is -0.303. The van der Waals surface area contributed by atoms with Crippen LogP contribution in [0.5, 0.6) is 0 Å². The molecule has 6 heteroatoms. The number of nitrogens with one attached hydrogen (secondary N) is 1. The van der Waals surface area contributed by atoms with E-state index in [0.29, 0.717) is 9.46 Å². The summed E-state index contributed by atoms with van der Waals surface area (Å²) in [6.07, 6.45) is 0. The molecule has 0 heterocycles. The molecular formula is C13H9Br2FN2S. The Hall–Kier alpha value is -0.980. The lowest BCUT2D eigenvalue weighted by Crippen LogP contribution is -2.12. The molecule has 2 aromatic carbocycles. The van der Waals surface area contributed by atoms with Crippen molar-refractivity contribution in [3.63, 3.8) is 0 Å². The largest absolute Gasteiger partial charge is 0.389 e. The van der Waals surface area contributed by atoms with Gasteiger partial charge < -0.3 is 11.1 Å². The molecule has 0 unspecified atom stereocenters. The van der Waals surface area contributed by atoms with Crippen LogP contribution < -0.4 is 11.1 Å². The summed E-state index contributed by atoms with van der Waals surface area (Å²) in [5.41, 5.74) is 7.92. The van der Waals surface area contributed by atoms with Crippen LogP contribution in [-0.2, 0) is 0 Å². The lowest BCUT2D eigenvalue weighted by Gasteiger charge is -2.13. The molecule has 19 heavy (non-hydrogen) atoms. The van der Waals surface area contributed by atoms with Crippen molar-refractivity contribution >= 4 is 60.4 Å². The monoisotopic (exact) mass is 402 g/mol. The summed E-state index contributed by atoms with van der Waals surface area (Å²) in [6.45, 7) is 0. The number of thiocarbonyl (C=S) groups is 1. The summed E-state index contributed by atoms with van der Waals surface area (Å²) >= 11 is 11.7. The minimum Gasteiger partial charge on any atom is -0.389 e. The molecule has 0 aliphatic carbocycles. The number of rotatable bonds is 3. The quantitative estimate of drug-likeness (QED) is 0.727. The van der Waals surface area contributed by atoms with Crippen molar-refractivity contribution in [2.75, 3.05) is 5.32 Å². The van der Waals surface area contributed by atoms with Crippen LogP contribution in [0.2, 0.25) is 0 Å². The van der Waals surface area contributed by atoms with Crippen LogP contribution in [0.1, 0.15) is 5.56 Å². The summed E-state index contributed by atoms with van der Waals surface area (Å²) < 4.78 is 14.6. The second-order valence-corrected chi connectivity index (χ2v) is 6.01. The standard InChI is InChI=1S/C13H9Br2FN2S/c14-7-1-3-11(9(5-7)13(17)19)18-12-4-2-8(16)6-10(12)15/h1-6,18H,(H2,17,19). The Labute approximate surface area is 132 Å². The maximum Gasteiger partial charge on any atom is 0.124 e. The highest BCUT2D eigenvalue weighted by molar-refractivity contribution is 9.10. The Morgan fingerprint density at radius 3 is 2.42 bits per heavy atom. The van der Waals surface area contributed by atoms with Gasteiger partial charge in [0.25, 0.3) is 0 Å². The third-order valence-corrected chi connectivity index (χ3v) is 3.82. The Morgan fingerprint density at radius 1 is 1.11 bits per heavy atom. The fourth-order valence-electron chi connectivity index (χ4n) is 1.57. The van der Waals surface area contributed by atoms with Gasteiger partial charge in [0.2, 0.25) is 0 Å². The van der Waals surface area contributed by atoms with Crippen LogP contribution >= 0.6 is 44.1 Å². The molecule has 2 aromatic rings. The fraction of sp³-hybridized carbons (Fsp3) is 0. The van der Waals surface area contributed by atoms with Gasteiger partial charge in [0, 0.05) is 20.2 Å². The summed E-state index contributed by atoms with van der Waals surface area (Å²) in [4.78, 5) is 0.294. The average Bonchev–Trinajstić information content (AvgIpc) is 2.34. The van der Waals surface area contributed by atoms with Gasteiger partial charge in [-0.3, -0.25) is 0 Å². The van der Waals surface area contributed by atoms with E-state index >= 15 is 0 Å². The number of nitrogens with two attached hydrogens (primary N) is 1. The molecule has 0 radical (unpaired) electrons. The molecule has 0 atom stereocenters. The maximum absolute atomic E-state index is 13.0. The molecule has 0 saturated heterocycles. The van der Waals surface area contributed by atoms with Crippen molar-refractivity contribution in [3.8, 4) is 0 Å². The van der Waals surface area contributed by atoms with Crippen LogP contribution in [-0.4, -0.2) is 4.99 Å². The molecular weight excluding hydrogens is 395 g/mol. The zero-order valence-electron chi connectivity index (χ0n) is 9.58. The molecule has 0 fully saturated rings. The van der Waals surface area contributed by atoms with E-state index in [9.17, 15) is 4.39 Å². The van der Waals surface area contributed by atoms with E-state index < -0.39 is 0 Å². The number of halogens is 3. The number of benzene rings is 2. The second-order valence-electron chi connectivity index (χ2n) is 3.80. The number of hydrogen-bond acceptors (Lipinski definition) is 2. The highest BCUT2D eigenvalue weighted by Crippen LogP contribution is 2.29. The normalized spacial score (nSPS) is 10.3. The average molecular weight is 404 g/mol. The van der Waals surface area contributed by atoms with E-state index in [1.54, 1.807) is 6.07 Å². The Balaban J connectivity index is 2.40. The highest BCUT2D eigenvalue weighted by atomic mass is 79.9. The van der Waals surface area contributed by atoms with Crippen molar-refractivity contribution in [2.45, 2.75) is 0 Å². The molecule has 2 rings (SSSR count). The molecule has 2 nitrogen and oxygen atoms in total. The number of anilines is 2. The molecule has 0 aliphatic heterocycles. The van der Waals surface area contributed by atoms with Crippen LogP contribution in [0.3, 0.4) is 0 Å². The molecule has 0 amide bonds. The van der Waals surface area contributed by atoms with E-state index in [1.807, 2.05) is 18.2 Å². The first-order chi connectivity index (χ1) is 8.97. The van der Waals surface area contributed by atoms with E-state index in [0.717, 1.165) is 21.4 Å². The van der Waals surface area contributed by atoms with Crippen LogP contribution in [0.25, 0.3) is 0 Å². The van der Waals surface area contributed by atoms with Gasteiger partial charge in [-0.1, -0.05) is 28.1 Å². The lowest BCUT2D eigenvalue weighted by molar-refractivity contribution is 0.627. The first-order valence-corrected chi connectivity index (χ1v) is 7.28. The molecule has 0 bridgehead atoms. The predicted octanol–water partition coefficient (Wildman–Crippen LogP) is 4.73. The molecule has 98 valence electrons. The summed E-state index contributed by atoms with van der Waals surface area (Å²) in [5, 5.41) is 3.17. The van der Waals surface area contributed by atoms with Crippen molar-refractivity contribution in [1.29, 1.82) is 0 Å². The van der Waals surface area contributed by atoms with Gasteiger partial charge >= 0.3 is 0 Å². The molecule has 0 spiro atoms. The van der Waals surface area contributed by atoms with Crippen molar-refractivity contribution in [2.24, 2.45) is 5.73 Å². The van der Waals surface area contributed by atoms with E-state index in [-0.39, 0.29) is 5.82 Å². The van der Waals surface area contributed by atoms with Crippen LogP contribution in [0, 0.1) is 5.82 Å². The van der Waals surface area contributed by atoms with Gasteiger partial charge in [0.1, 0.15) is 10.8 Å². The topological polar surface area (TPSA) is 38.0 Å². The third-order valence-electron chi connectivity index (χ3n) is 2.45. The lowest BCUT2D eigenvalue weighted by atomic mass is 10.1. The SMILES string of the molecule is NC(=S)c1cc(Br)ccc1Nc1ccc(F)cc1Br. The first kappa shape index (κ1) is 14.4. The predicted molar refractivity (Wildman–Crippen MR) is 87.4 cm³/mol. The van der Waals surface area contributed by atoms with Gasteiger partial charge in [-0.05, 0) is 52.3 Å². The fourth-order valence-corrected chi connectivity index (χ4v) is 2.55. The minimum absolute atomic E-state index is 0.294. The molecule has 0 aromatic heterocycles. The Morgan fingerprint density at radius 2 is 1.79 bits per heavy atom. The Bertz CT molecular complexity index is 647. The van der Waals surface area contributed by atoms with Gasteiger partial charge in [0.15, 0.2) is 0 Å².